The normalized spacial score (nSPS) is 11.7. The summed E-state index contributed by atoms with van der Waals surface area (Å²) >= 11 is 0. The lowest BCUT2D eigenvalue weighted by Crippen LogP contribution is -2.16. The molecule has 3 N–H and O–H groups in total. The van der Waals surface area contributed by atoms with E-state index in [9.17, 15) is 32.1 Å². The Balaban J connectivity index is 1.95. The molecular formula is C20H19N3O7S2. The van der Waals surface area contributed by atoms with Gasteiger partial charge in [-0.25, -0.2) is 16.8 Å². The molecule has 0 saturated carbocycles. The Kier molecular flexibility index (Phi) is 6.10. The van der Waals surface area contributed by atoms with E-state index in [0.29, 0.717) is 17.3 Å². The van der Waals surface area contributed by atoms with Gasteiger partial charge < -0.3 is 5.11 Å². The van der Waals surface area contributed by atoms with Crippen LogP contribution in [-0.2, 0) is 20.0 Å². The zero-order valence-electron chi connectivity index (χ0n) is 16.9. The molecule has 0 bridgehead atoms. The van der Waals surface area contributed by atoms with E-state index in [1.807, 2.05) is 13.0 Å². The minimum Gasteiger partial charge on any atom is -0.502 e. The van der Waals surface area contributed by atoms with E-state index in [-0.39, 0.29) is 10.6 Å². The number of nitro groups is 1. The van der Waals surface area contributed by atoms with Gasteiger partial charge >= 0.3 is 5.69 Å². The number of nitro benzene ring substituents is 1. The molecule has 0 aliphatic heterocycles. The molecule has 3 aromatic rings. The molecule has 0 aromatic heterocycles. The van der Waals surface area contributed by atoms with Crippen molar-refractivity contribution < 1.29 is 26.9 Å². The highest BCUT2D eigenvalue weighted by Gasteiger charge is 2.23. The number of nitrogens with one attached hydrogen (secondary N) is 2. The Labute approximate surface area is 184 Å². The molecule has 10 nitrogen and oxygen atoms in total. The molecule has 0 unspecified atom stereocenters. The number of phenolic OH excluding ortho intramolecular Hbond substituents is 1. The molecule has 0 aliphatic carbocycles. The van der Waals surface area contributed by atoms with Gasteiger partial charge in [-0.2, -0.15) is 0 Å². The van der Waals surface area contributed by atoms with Crippen LogP contribution in [0.3, 0.4) is 0 Å². The van der Waals surface area contributed by atoms with Crippen LogP contribution in [0.5, 0.6) is 5.75 Å². The molecule has 0 aliphatic rings. The van der Waals surface area contributed by atoms with Crippen LogP contribution in [0, 0.1) is 24.0 Å². The molecule has 0 atom stereocenters. The molecule has 3 rings (SSSR count). The fraction of sp³-hybridized carbons (Fsp3) is 0.100. The van der Waals surface area contributed by atoms with Crippen molar-refractivity contribution in [3.63, 3.8) is 0 Å². The monoisotopic (exact) mass is 477 g/mol. The second-order valence-electron chi connectivity index (χ2n) is 6.97. The van der Waals surface area contributed by atoms with Gasteiger partial charge in [0.2, 0.25) is 0 Å². The number of rotatable bonds is 7. The van der Waals surface area contributed by atoms with Crippen molar-refractivity contribution in [2.75, 3.05) is 9.44 Å². The lowest BCUT2D eigenvalue weighted by molar-refractivity contribution is -0.386. The van der Waals surface area contributed by atoms with Crippen molar-refractivity contribution in [2.24, 2.45) is 0 Å². The lowest BCUT2D eigenvalue weighted by Gasteiger charge is -2.14. The van der Waals surface area contributed by atoms with Crippen LogP contribution in [0.2, 0.25) is 0 Å². The van der Waals surface area contributed by atoms with Gasteiger partial charge in [0.1, 0.15) is 0 Å². The van der Waals surface area contributed by atoms with Gasteiger partial charge in [0.15, 0.2) is 5.75 Å². The first kappa shape index (κ1) is 23.0. The maximum absolute atomic E-state index is 12.9. The van der Waals surface area contributed by atoms with Gasteiger partial charge in [-0.15, -0.1) is 0 Å². The van der Waals surface area contributed by atoms with Crippen LogP contribution in [0.15, 0.2) is 70.5 Å². The molecule has 0 saturated heterocycles. The van der Waals surface area contributed by atoms with Crippen LogP contribution in [-0.4, -0.2) is 26.9 Å². The average molecular weight is 478 g/mol. The number of anilines is 2. The number of sulfonamides is 2. The second-order valence-corrected chi connectivity index (χ2v) is 10.3. The highest BCUT2D eigenvalue weighted by atomic mass is 32.2. The van der Waals surface area contributed by atoms with Gasteiger partial charge in [0, 0.05) is 11.8 Å². The minimum absolute atomic E-state index is 0.0593. The number of hydrogen-bond donors (Lipinski definition) is 3. The Morgan fingerprint density at radius 1 is 0.844 bits per heavy atom. The van der Waals surface area contributed by atoms with Crippen molar-refractivity contribution in [2.45, 2.75) is 23.6 Å². The largest absolute Gasteiger partial charge is 0.502 e. The Morgan fingerprint density at radius 3 is 2.16 bits per heavy atom. The van der Waals surface area contributed by atoms with Gasteiger partial charge in [0.05, 0.1) is 20.4 Å². The zero-order valence-corrected chi connectivity index (χ0v) is 18.6. The highest BCUT2D eigenvalue weighted by Crippen LogP contribution is 2.30. The smallest absolute Gasteiger partial charge is 0.312 e. The minimum atomic E-state index is -4.31. The fourth-order valence-corrected chi connectivity index (χ4v) is 5.29. The van der Waals surface area contributed by atoms with Crippen LogP contribution >= 0.6 is 0 Å². The van der Waals surface area contributed by atoms with Crippen molar-refractivity contribution in [3.8, 4) is 5.75 Å². The molecule has 3 aromatic carbocycles. The molecular weight excluding hydrogens is 458 g/mol. The first-order valence-electron chi connectivity index (χ1n) is 9.09. The summed E-state index contributed by atoms with van der Waals surface area (Å²) in [5, 5.41) is 20.5. The predicted molar refractivity (Wildman–Crippen MR) is 119 cm³/mol. The van der Waals surface area contributed by atoms with Gasteiger partial charge in [-0.1, -0.05) is 18.2 Å². The quantitative estimate of drug-likeness (QED) is 0.347. The van der Waals surface area contributed by atoms with Crippen molar-refractivity contribution >= 4 is 37.1 Å². The summed E-state index contributed by atoms with van der Waals surface area (Å²) < 4.78 is 55.8. The summed E-state index contributed by atoms with van der Waals surface area (Å²) in [6.07, 6.45) is 0. The Hall–Kier alpha value is -3.64. The molecule has 32 heavy (non-hydrogen) atoms. The molecule has 0 heterocycles. The number of nitrogens with zero attached hydrogens (tertiary/aromatic N) is 1. The summed E-state index contributed by atoms with van der Waals surface area (Å²) in [6.45, 7) is 3.37. The van der Waals surface area contributed by atoms with Crippen LogP contribution < -0.4 is 9.44 Å². The third-order valence-corrected chi connectivity index (χ3v) is 7.36. The summed E-state index contributed by atoms with van der Waals surface area (Å²) in [7, 11) is -8.34. The van der Waals surface area contributed by atoms with Crippen molar-refractivity contribution in [1.82, 2.24) is 0 Å². The summed E-state index contributed by atoms with van der Waals surface area (Å²) in [4.78, 5) is 9.45. The molecule has 0 radical (unpaired) electrons. The standard InChI is InChI=1S/C20H19N3O7S2/c1-13-4-3-5-15(10-13)22-32(29,30)20-11-16(7-6-14(20)2)21-31(27,28)17-8-9-19(24)18(12-17)23(25)26/h3-12,21-22,24H,1-2H3. The Bertz CT molecular complexity index is 1420. The predicted octanol–water partition coefficient (Wildman–Crippen LogP) is 3.52. The molecule has 168 valence electrons. The average Bonchev–Trinajstić information content (AvgIpc) is 2.68. The Morgan fingerprint density at radius 2 is 1.50 bits per heavy atom. The van der Waals surface area contributed by atoms with E-state index in [1.54, 1.807) is 25.1 Å². The van der Waals surface area contributed by atoms with E-state index in [0.717, 1.165) is 23.8 Å². The third-order valence-electron chi connectivity index (χ3n) is 4.45. The number of benzene rings is 3. The molecule has 12 heteroatoms. The molecule has 0 spiro atoms. The number of hydrogen-bond acceptors (Lipinski definition) is 7. The summed E-state index contributed by atoms with van der Waals surface area (Å²) in [6, 6.07) is 13.3. The van der Waals surface area contributed by atoms with Crippen LogP contribution in [0.1, 0.15) is 11.1 Å². The number of phenols is 1. The van der Waals surface area contributed by atoms with Crippen molar-refractivity contribution in [3.05, 3.63) is 81.9 Å². The number of aryl methyl sites for hydroxylation is 2. The highest BCUT2D eigenvalue weighted by molar-refractivity contribution is 7.93. The van der Waals surface area contributed by atoms with E-state index >= 15 is 0 Å². The topological polar surface area (TPSA) is 156 Å². The van der Waals surface area contributed by atoms with E-state index in [1.165, 1.54) is 12.1 Å². The third kappa shape index (κ3) is 4.98. The fourth-order valence-electron chi connectivity index (χ4n) is 2.90. The SMILES string of the molecule is Cc1cccc(NS(=O)(=O)c2cc(NS(=O)(=O)c3ccc(O)c([N+](=O)[O-])c3)ccc2C)c1. The van der Waals surface area contributed by atoms with Gasteiger partial charge in [-0.3, -0.25) is 19.6 Å². The van der Waals surface area contributed by atoms with Crippen LogP contribution in [0.25, 0.3) is 0 Å². The van der Waals surface area contributed by atoms with E-state index < -0.39 is 41.3 Å². The summed E-state index contributed by atoms with van der Waals surface area (Å²) in [5.41, 5.74) is 0.755. The van der Waals surface area contributed by atoms with Gasteiger partial charge in [-0.05, 0) is 61.4 Å². The van der Waals surface area contributed by atoms with Gasteiger partial charge in [0.25, 0.3) is 20.0 Å². The molecule has 0 amide bonds. The van der Waals surface area contributed by atoms with Crippen LogP contribution in [0.4, 0.5) is 17.1 Å². The van der Waals surface area contributed by atoms with E-state index in [4.69, 9.17) is 0 Å². The van der Waals surface area contributed by atoms with E-state index in [2.05, 4.69) is 9.44 Å². The zero-order chi connectivity index (χ0) is 23.7. The number of aromatic hydroxyl groups is 1. The second kappa shape index (κ2) is 8.48. The first-order valence-corrected chi connectivity index (χ1v) is 12.1. The summed E-state index contributed by atoms with van der Waals surface area (Å²) in [5.74, 6) is -0.681. The first-order chi connectivity index (χ1) is 14.9. The maximum atomic E-state index is 12.9. The molecule has 0 fully saturated rings. The van der Waals surface area contributed by atoms with Crippen molar-refractivity contribution in [1.29, 1.82) is 0 Å². The lowest BCUT2D eigenvalue weighted by atomic mass is 10.2. The maximum Gasteiger partial charge on any atom is 0.312 e.